The van der Waals surface area contributed by atoms with E-state index in [-0.39, 0.29) is 0 Å². The minimum absolute atomic E-state index is 0.328. The monoisotopic (exact) mass is 306 g/mol. The number of carbonyl (C=O) groups excluding carboxylic acids is 1. The fourth-order valence-electron chi connectivity index (χ4n) is 2.00. The third-order valence-corrected chi connectivity index (χ3v) is 3.70. The fraction of sp³-hybridized carbons (Fsp3) is 0.429. The van der Waals surface area contributed by atoms with E-state index in [2.05, 4.69) is 15.1 Å². The molecule has 1 saturated carbocycles. The van der Waals surface area contributed by atoms with Gasteiger partial charge in [-0.1, -0.05) is 11.6 Å². The van der Waals surface area contributed by atoms with Gasteiger partial charge in [-0.2, -0.15) is 5.10 Å². The molecule has 0 spiro atoms. The number of rotatable bonds is 4. The van der Waals surface area contributed by atoms with Crippen molar-refractivity contribution in [1.29, 1.82) is 0 Å². The zero-order valence-corrected chi connectivity index (χ0v) is 12.6. The summed E-state index contributed by atoms with van der Waals surface area (Å²) in [6.07, 6.45) is 5.24. The van der Waals surface area contributed by atoms with E-state index in [4.69, 9.17) is 16.3 Å². The van der Waals surface area contributed by atoms with Crippen molar-refractivity contribution < 1.29 is 9.53 Å². The van der Waals surface area contributed by atoms with Crippen molar-refractivity contribution in [2.45, 2.75) is 32.6 Å². The first-order chi connectivity index (χ1) is 10.1. The number of hydrogen-bond donors (Lipinski definition) is 0. The molecule has 0 aromatic carbocycles. The van der Waals surface area contributed by atoms with E-state index in [1.54, 1.807) is 17.8 Å². The summed E-state index contributed by atoms with van der Waals surface area (Å²) >= 11 is 6.18. The Hall–Kier alpha value is -1.95. The molecule has 3 rings (SSSR count). The Labute approximate surface area is 127 Å². The van der Waals surface area contributed by atoms with E-state index in [1.807, 2.05) is 6.92 Å². The van der Waals surface area contributed by atoms with E-state index in [0.717, 1.165) is 24.2 Å². The maximum atomic E-state index is 11.7. The average molecular weight is 307 g/mol. The molecule has 0 radical (unpaired) electrons. The standard InChI is InChI=1S/C14H15ClN4O2/c1-3-21-14(20)10-6-16-19(7-10)13-8(2)11(15)17-12(18-13)9-4-5-9/h6-7,9H,3-5H2,1-2H3. The Morgan fingerprint density at radius 3 is 2.90 bits per heavy atom. The minimum atomic E-state index is -0.399. The van der Waals surface area contributed by atoms with Gasteiger partial charge in [0, 0.05) is 17.7 Å². The summed E-state index contributed by atoms with van der Waals surface area (Å²) in [5.41, 5.74) is 1.12. The van der Waals surface area contributed by atoms with Crippen LogP contribution >= 0.6 is 11.6 Å². The predicted octanol–water partition coefficient (Wildman–Crippen LogP) is 2.68. The molecule has 2 heterocycles. The summed E-state index contributed by atoms with van der Waals surface area (Å²) in [6.45, 7) is 3.92. The van der Waals surface area contributed by atoms with Crippen LogP contribution < -0.4 is 0 Å². The lowest BCUT2D eigenvalue weighted by molar-refractivity contribution is 0.0526. The number of aromatic nitrogens is 4. The highest BCUT2D eigenvalue weighted by atomic mass is 35.5. The van der Waals surface area contributed by atoms with Gasteiger partial charge < -0.3 is 4.74 Å². The first-order valence-electron chi connectivity index (χ1n) is 6.86. The van der Waals surface area contributed by atoms with Crippen LogP contribution in [0.4, 0.5) is 0 Å². The molecule has 0 saturated heterocycles. The lowest BCUT2D eigenvalue weighted by Gasteiger charge is -2.08. The number of carbonyl (C=O) groups is 1. The van der Waals surface area contributed by atoms with Crippen molar-refractivity contribution >= 4 is 17.6 Å². The molecule has 110 valence electrons. The first kappa shape index (κ1) is 14.0. The van der Waals surface area contributed by atoms with E-state index in [9.17, 15) is 4.79 Å². The predicted molar refractivity (Wildman–Crippen MR) is 76.8 cm³/mol. The third kappa shape index (κ3) is 2.76. The van der Waals surface area contributed by atoms with Gasteiger partial charge >= 0.3 is 5.97 Å². The van der Waals surface area contributed by atoms with E-state index >= 15 is 0 Å². The number of nitrogens with zero attached hydrogens (tertiary/aromatic N) is 4. The lowest BCUT2D eigenvalue weighted by Crippen LogP contribution is -2.07. The maximum absolute atomic E-state index is 11.7. The molecule has 0 bridgehead atoms. The van der Waals surface area contributed by atoms with Crippen LogP contribution in [0.15, 0.2) is 12.4 Å². The van der Waals surface area contributed by atoms with Gasteiger partial charge in [-0.15, -0.1) is 0 Å². The van der Waals surface area contributed by atoms with Crippen molar-refractivity contribution in [2.75, 3.05) is 6.61 Å². The van der Waals surface area contributed by atoms with E-state index in [1.165, 1.54) is 6.20 Å². The van der Waals surface area contributed by atoms with Gasteiger partial charge in [0.15, 0.2) is 5.82 Å². The quantitative estimate of drug-likeness (QED) is 0.641. The Morgan fingerprint density at radius 1 is 1.48 bits per heavy atom. The topological polar surface area (TPSA) is 69.9 Å². The smallest absolute Gasteiger partial charge is 0.341 e. The van der Waals surface area contributed by atoms with Crippen LogP contribution in [0.1, 0.15) is 47.4 Å². The van der Waals surface area contributed by atoms with Crippen LogP contribution in [0.2, 0.25) is 5.15 Å². The van der Waals surface area contributed by atoms with Gasteiger partial charge in [0.05, 0.1) is 18.4 Å². The van der Waals surface area contributed by atoms with Crippen LogP contribution in [-0.2, 0) is 4.74 Å². The normalized spacial score (nSPS) is 14.2. The highest BCUT2D eigenvalue weighted by molar-refractivity contribution is 6.30. The van der Waals surface area contributed by atoms with Crippen LogP contribution in [0, 0.1) is 6.92 Å². The summed E-state index contributed by atoms with van der Waals surface area (Å²) in [5.74, 6) is 1.34. The summed E-state index contributed by atoms with van der Waals surface area (Å²) in [6, 6.07) is 0. The molecular weight excluding hydrogens is 292 g/mol. The minimum Gasteiger partial charge on any atom is -0.462 e. The van der Waals surface area contributed by atoms with Gasteiger partial charge in [-0.25, -0.2) is 19.4 Å². The second-order valence-corrected chi connectivity index (χ2v) is 5.35. The van der Waals surface area contributed by atoms with Gasteiger partial charge in [-0.3, -0.25) is 0 Å². The molecule has 1 fully saturated rings. The van der Waals surface area contributed by atoms with Crippen molar-refractivity contribution in [2.24, 2.45) is 0 Å². The number of hydrogen-bond acceptors (Lipinski definition) is 5. The SMILES string of the molecule is CCOC(=O)c1cnn(-c2nc(C3CC3)nc(Cl)c2C)c1. The number of ether oxygens (including phenoxy) is 1. The van der Waals surface area contributed by atoms with Crippen LogP contribution in [0.5, 0.6) is 0 Å². The van der Waals surface area contributed by atoms with Gasteiger partial charge in [-0.05, 0) is 26.7 Å². The lowest BCUT2D eigenvalue weighted by atomic mass is 10.3. The molecule has 0 N–H and O–H groups in total. The molecule has 2 aromatic heterocycles. The molecule has 1 aliphatic rings. The van der Waals surface area contributed by atoms with Crippen molar-refractivity contribution in [1.82, 2.24) is 19.7 Å². The molecule has 1 aliphatic carbocycles. The Morgan fingerprint density at radius 2 is 2.24 bits per heavy atom. The van der Waals surface area contributed by atoms with Crippen molar-refractivity contribution in [3.8, 4) is 5.82 Å². The van der Waals surface area contributed by atoms with E-state index in [0.29, 0.717) is 29.1 Å². The van der Waals surface area contributed by atoms with Crippen LogP contribution in [0.3, 0.4) is 0 Å². The van der Waals surface area contributed by atoms with Crippen LogP contribution in [-0.4, -0.2) is 32.3 Å². The van der Waals surface area contributed by atoms with Gasteiger partial charge in [0.25, 0.3) is 0 Å². The Bertz CT molecular complexity index is 694. The molecule has 0 amide bonds. The first-order valence-corrected chi connectivity index (χ1v) is 7.24. The van der Waals surface area contributed by atoms with Crippen molar-refractivity contribution in [3.05, 3.63) is 34.5 Å². The highest BCUT2D eigenvalue weighted by Crippen LogP contribution is 2.39. The number of halogens is 1. The summed E-state index contributed by atoms with van der Waals surface area (Å²) in [4.78, 5) is 20.5. The second-order valence-electron chi connectivity index (χ2n) is 4.99. The summed E-state index contributed by atoms with van der Waals surface area (Å²) < 4.78 is 6.49. The largest absolute Gasteiger partial charge is 0.462 e. The zero-order chi connectivity index (χ0) is 15.0. The second kappa shape index (κ2) is 5.44. The Kier molecular flexibility index (Phi) is 3.63. The molecule has 21 heavy (non-hydrogen) atoms. The summed E-state index contributed by atoms with van der Waals surface area (Å²) in [7, 11) is 0. The molecule has 0 unspecified atom stereocenters. The fourth-order valence-corrected chi connectivity index (χ4v) is 2.17. The van der Waals surface area contributed by atoms with Crippen LogP contribution in [0.25, 0.3) is 5.82 Å². The molecular formula is C14H15ClN4O2. The van der Waals surface area contributed by atoms with Crippen molar-refractivity contribution in [3.63, 3.8) is 0 Å². The third-order valence-electron chi connectivity index (χ3n) is 3.33. The molecule has 0 atom stereocenters. The molecule has 6 nitrogen and oxygen atoms in total. The maximum Gasteiger partial charge on any atom is 0.341 e. The van der Waals surface area contributed by atoms with Gasteiger partial charge in [0.1, 0.15) is 11.0 Å². The number of esters is 1. The van der Waals surface area contributed by atoms with Gasteiger partial charge in [0.2, 0.25) is 0 Å². The van der Waals surface area contributed by atoms with E-state index < -0.39 is 5.97 Å². The molecule has 7 heteroatoms. The summed E-state index contributed by atoms with van der Waals surface area (Å²) in [5, 5.41) is 4.61. The molecule has 2 aromatic rings. The Balaban J connectivity index is 1.98. The zero-order valence-electron chi connectivity index (χ0n) is 11.8. The molecule has 0 aliphatic heterocycles. The highest BCUT2D eigenvalue weighted by Gasteiger charge is 2.28. The average Bonchev–Trinajstić information content (AvgIpc) is 3.19.